The predicted octanol–water partition coefficient (Wildman–Crippen LogP) is 3.65. The average Bonchev–Trinajstić information content (AvgIpc) is 2.52. The summed E-state index contributed by atoms with van der Waals surface area (Å²) in [5, 5.41) is 0. The van der Waals surface area contributed by atoms with Crippen LogP contribution in [-0.4, -0.2) is 13.7 Å². The highest BCUT2D eigenvalue weighted by atomic mass is 16.5. The fourth-order valence-electron chi connectivity index (χ4n) is 1.89. The number of hydrogen-bond acceptors (Lipinski definition) is 4. The van der Waals surface area contributed by atoms with Gasteiger partial charge in [-0.3, -0.25) is 0 Å². The van der Waals surface area contributed by atoms with Gasteiger partial charge < -0.3 is 19.9 Å². The van der Waals surface area contributed by atoms with Crippen LogP contribution in [0.15, 0.2) is 42.5 Å². The predicted molar refractivity (Wildman–Crippen MR) is 84.0 cm³/mol. The quantitative estimate of drug-likeness (QED) is 0.790. The van der Waals surface area contributed by atoms with E-state index in [1.165, 1.54) is 0 Å². The van der Waals surface area contributed by atoms with Gasteiger partial charge in [0.05, 0.1) is 19.4 Å². The normalized spacial score (nSPS) is 10.2. The van der Waals surface area contributed by atoms with Crippen molar-refractivity contribution in [2.24, 2.45) is 0 Å². The van der Waals surface area contributed by atoms with Crippen molar-refractivity contribution >= 4 is 5.69 Å². The van der Waals surface area contributed by atoms with Gasteiger partial charge in [0.2, 0.25) is 0 Å². The third-order valence-electron chi connectivity index (χ3n) is 3.00. The van der Waals surface area contributed by atoms with Gasteiger partial charge in [-0.05, 0) is 48.4 Å². The minimum atomic E-state index is 0.462. The lowest BCUT2D eigenvalue weighted by Gasteiger charge is -2.10. The number of nitrogens with two attached hydrogens (primary N) is 1. The van der Waals surface area contributed by atoms with E-state index in [4.69, 9.17) is 19.9 Å². The van der Waals surface area contributed by atoms with Crippen molar-refractivity contribution in [3.05, 3.63) is 48.0 Å². The Hall–Kier alpha value is -2.36. The summed E-state index contributed by atoms with van der Waals surface area (Å²) in [5.74, 6) is 2.34. The highest BCUT2D eigenvalue weighted by Crippen LogP contribution is 2.23. The van der Waals surface area contributed by atoms with Gasteiger partial charge >= 0.3 is 0 Å². The van der Waals surface area contributed by atoms with Crippen molar-refractivity contribution < 1.29 is 14.2 Å². The SMILES string of the molecule is CCCOc1ccc(OCc2ccc(OC)c(N)c2)cc1. The molecule has 0 aliphatic carbocycles. The number of hydrogen-bond donors (Lipinski definition) is 1. The fraction of sp³-hybridized carbons (Fsp3) is 0.294. The zero-order chi connectivity index (χ0) is 15.1. The van der Waals surface area contributed by atoms with Gasteiger partial charge in [0.15, 0.2) is 0 Å². The lowest BCUT2D eigenvalue weighted by molar-refractivity contribution is 0.301. The molecule has 0 fully saturated rings. The molecule has 0 saturated carbocycles. The zero-order valence-corrected chi connectivity index (χ0v) is 12.5. The summed E-state index contributed by atoms with van der Waals surface area (Å²) < 4.78 is 16.4. The Labute approximate surface area is 125 Å². The molecule has 0 radical (unpaired) electrons. The van der Waals surface area contributed by atoms with Crippen molar-refractivity contribution in [1.82, 2.24) is 0 Å². The van der Waals surface area contributed by atoms with E-state index in [1.54, 1.807) is 7.11 Å². The van der Waals surface area contributed by atoms with E-state index in [0.717, 1.165) is 30.1 Å². The maximum atomic E-state index is 5.87. The van der Waals surface area contributed by atoms with Crippen LogP contribution in [0.4, 0.5) is 5.69 Å². The summed E-state index contributed by atoms with van der Waals surface area (Å²) in [7, 11) is 1.60. The number of benzene rings is 2. The summed E-state index contributed by atoms with van der Waals surface area (Å²) in [5.41, 5.74) is 7.48. The lowest BCUT2D eigenvalue weighted by Crippen LogP contribution is -1.99. The summed E-state index contributed by atoms with van der Waals surface area (Å²) >= 11 is 0. The topological polar surface area (TPSA) is 53.7 Å². The Morgan fingerprint density at radius 1 is 0.952 bits per heavy atom. The van der Waals surface area contributed by atoms with Crippen LogP contribution in [-0.2, 0) is 6.61 Å². The summed E-state index contributed by atoms with van der Waals surface area (Å²) in [6.45, 7) is 3.27. The van der Waals surface area contributed by atoms with Gasteiger partial charge in [-0.1, -0.05) is 13.0 Å². The second-order valence-electron chi connectivity index (χ2n) is 4.68. The molecule has 2 rings (SSSR count). The molecule has 0 unspecified atom stereocenters. The molecule has 0 atom stereocenters. The highest BCUT2D eigenvalue weighted by molar-refractivity contribution is 5.54. The van der Waals surface area contributed by atoms with Crippen LogP contribution < -0.4 is 19.9 Å². The van der Waals surface area contributed by atoms with Crippen LogP contribution in [0.1, 0.15) is 18.9 Å². The number of rotatable bonds is 7. The van der Waals surface area contributed by atoms with E-state index in [1.807, 2.05) is 42.5 Å². The smallest absolute Gasteiger partial charge is 0.141 e. The summed E-state index contributed by atoms with van der Waals surface area (Å²) in [6, 6.07) is 13.3. The first-order valence-electron chi connectivity index (χ1n) is 7.01. The molecule has 2 N–H and O–H groups in total. The second-order valence-corrected chi connectivity index (χ2v) is 4.68. The standard InChI is InChI=1S/C17H21NO3/c1-3-10-20-14-5-7-15(8-6-14)21-12-13-4-9-17(19-2)16(18)11-13/h4-9,11H,3,10,12,18H2,1-2H3. The number of nitrogen functional groups attached to an aromatic ring is 1. The van der Waals surface area contributed by atoms with Crippen LogP contribution >= 0.6 is 0 Å². The molecule has 0 amide bonds. The van der Waals surface area contributed by atoms with E-state index < -0.39 is 0 Å². The Bertz CT molecular complexity index is 567. The highest BCUT2D eigenvalue weighted by Gasteiger charge is 2.02. The molecule has 112 valence electrons. The van der Waals surface area contributed by atoms with E-state index in [2.05, 4.69) is 6.92 Å². The molecule has 0 heterocycles. The molecular formula is C17H21NO3. The van der Waals surface area contributed by atoms with Gasteiger partial charge in [0.25, 0.3) is 0 Å². The van der Waals surface area contributed by atoms with Crippen LogP contribution in [0.25, 0.3) is 0 Å². The van der Waals surface area contributed by atoms with Gasteiger partial charge in [0, 0.05) is 0 Å². The number of anilines is 1. The Balaban J connectivity index is 1.92. The van der Waals surface area contributed by atoms with Gasteiger partial charge in [0.1, 0.15) is 23.9 Å². The van der Waals surface area contributed by atoms with Crippen LogP contribution in [0.2, 0.25) is 0 Å². The van der Waals surface area contributed by atoms with Crippen molar-refractivity contribution in [1.29, 1.82) is 0 Å². The lowest BCUT2D eigenvalue weighted by atomic mass is 10.2. The van der Waals surface area contributed by atoms with Crippen LogP contribution in [0.3, 0.4) is 0 Å². The van der Waals surface area contributed by atoms with Crippen molar-refractivity contribution in [2.75, 3.05) is 19.5 Å². The third-order valence-corrected chi connectivity index (χ3v) is 3.00. The maximum absolute atomic E-state index is 5.87. The molecule has 21 heavy (non-hydrogen) atoms. The van der Waals surface area contributed by atoms with Crippen LogP contribution in [0, 0.1) is 0 Å². The summed E-state index contributed by atoms with van der Waals surface area (Å²) in [6.07, 6.45) is 0.997. The minimum absolute atomic E-state index is 0.462. The first-order chi connectivity index (χ1) is 10.2. The van der Waals surface area contributed by atoms with Gasteiger partial charge in [-0.2, -0.15) is 0 Å². The molecule has 2 aromatic rings. The number of methoxy groups -OCH3 is 1. The average molecular weight is 287 g/mol. The molecular weight excluding hydrogens is 266 g/mol. The largest absolute Gasteiger partial charge is 0.495 e. The molecule has 0 bridgehead atoms. The first kappa shape index (κ1) is 15.0. The Morgan fingerprint density at radius 2 is 1.62 bits per heavy atom. The van der Waals surface area contributed by atoms with E-state index in [-0.39, 0.29) is 0 Å². The van der Waals surface area contributed by atoms with E-state index in [9.17, 15) is 0 Å². The Morgan fingerprint density at radius 3 is 2.19 bits per heavy atom. The number of ether oxygens (including phenoxy) is 3. The zero-order valence-electron chi connectivity index (χ0n) is 12.5. The maximum Gasteiger partial charge on any atom is 0.141 e. The van der Waals surface area contributed by atoms with Crippen LogP contribution in [0.5, 0.6) is 17.2 Å². The van der Waals surface area contributed by atoms with Crippen molar-refractivity contribution in [3.63, 3.8) is 0 Å². The van der Waals surface area contributed by atoms with Crippen molar-refractivity contribution in [2.45, 2.75) is 20.0 Å². The molecule has 0 spiro atoms. The van der Waals surface area contributed by atoms with Gasteiger partial charge in [-0.25, -0.2) is 0 Å². The minimum Gasteiger partial charge on any atom is -0.495 e. The molecule has 0 aliphatic heterocycles. The van der Waals surface area contributed by atoms with E-state index >= 15 is 0 Å². The molecule has 4 heteroatoms. The van der Waals surface area contributed by atoms with Gasteiger partial charge in [-0.15, -0.1) is 0 Å². The van der Waals surface area contributed by atoms with E-state index in [0.29, 0.717) is 18.0 Å². The molecule has 2 aromatic carbocycles. The molecule has 0 saturated heterocycles. The monoisotopic (exact) mass is 287 g/mol. The molecule has 0 aliphatic rings. The first-order valence-corrected chi connectivity index (χ1v) is 7.01. The molecule has 4 nitrogen and oxygen atoms in total. The second kappa shape index (κ2) is 7.43. The Kier molecular flexibility index (Phi) is 5.32. The summed E-state index contributed by atoms with van der Waals surface area (Å²) in [4.78, 5) is 0. The molecule has 0 aromatic heterocycles. The fourth-order valence-corrected chi connectivity index (χ4v) is 1.89. The van der Waals surface area contributed by atoms with Crippen molar-refractivity contribution in [3.8, 4) is 17.2 Å². The third kappa shape index (κ3) is 4.31.